The number of hydrogen-bond donors (Lipinski definition) is 0. The number of allylic oxidation sites excluding steroid dienone is 4. The molecule has 1 radical (unpaired) electrons. The Bertz CT molecular complexity index is 430. The van der Waals surface area contributed by atoms with E-state index in [1.54, 1.807) is 14.2 Å². The zero-order valence-corrected chi connectivity index (χ0v) is 9.57. The van der Waals surface area contributed by atoms with Crippen LogP contribution in [-0.4, -0.2) is 14.2 Å². The standard InChI is InChI=1S/C14H15O2/c1-15-13-8-7-12(10-14(13)16-2)9-11-5-3-4-6-11/h3-8,10H,9H2,1-2H3. The highest BCUT2D eigenvalue weighted by atomic mass is 16.5. The summed E-state index contributed by atoms with van der Waals surface area (Å²) in [5, 5.41) is 0. The van der Waals surface area contributed by atoms with E-state index < -0.39 is 0 Å². The normalized spacial score (nSPS) is 13.8. The van der Waals surface area contributed by atoms with Gasteiger partial charge in [-0.15, -0.1) is 0 Å². The summed E-state index contributed by atoms with van der Waals surface area (Å²) in [6, 6.07) is 6.03. The van der Waals surface area contributed by atoms with Crippen LogP contribution in [0.4, 0.5) is 0 Å². The van der Waals surface area contributed by atoms with E-state index in [9.17, 15) is 0 Å². The molecule has 2 nitrogen and oxygen atoms in total. The van der Waals surface area contributed by atoms with Crippen LogP contribution >= 0.6 is 0 Å². The van der Waals surface area contributed by atoms with Crippen molar-refractivity contribution in [3.63, 3.8) is 0 Å². The Balaban J connectivity index is 2.16. The molecule has 1 aromatic carbocycles. The lowest BCUT2D eigenvalue weighted by atomic mass is 10.0. The second kappa shape index (κ2) is 4.88. The minimum Gasteiger partial charge on any atom is -0.493 e. The van der Waals surface area contributed by atoms with Crippen molar-refractivity contribution in [3.05, 3.63) is 54.0 Å². The summed E-state index contributed by atoms with van der Waals surface area (Å²) >= 11 is 0. The van der Waals surface area contributed by atoms with E-state index in [1.165, 1.54) is 11.1 Å². The molecule has 0 unspecified atom stereocenters. The summed E-state index contributed by atoms with van der Waals surface area (Å²) in [6.07, 6.45) is 9.27. The van der Waals surface area contributed by atoms with Gasteiger partial charge in [0.05, 0.1) is 14.2 Å². The van der Waals surface area contributed by atoms with Gasteiger partial charge in [0.2, 0.25) is 0 Å². The van der Waals surface area contributed by atoms with E-state index in [2.05, 4.69) is 30.7 Å². The Labute approximate surface area is 96.2 Å². The zero-order chi connectivity index (χ0) is 11.4. The van der Waals surface area contributed by atoms with Crippen LogP contribution in [0.2, 0.25) is 0 Å². The van der Waals surface area contributed by atoms with Gasteiger partial charge >= 0.3 is 0 Å². The molecule has 0 aromatic heterocycles. The Morgan fingerprint density at radius 3 is 2.44 bits per heavy atom. The van der Waals surface area contributed by atoms with Crippen LogP contribution in [0.15, 0.2) is 42.0 Å². The van der Waals surface area contributed by atoms with Crippen LogP contribution in [0, 0.1) is 6.42 Å². The predicted octanol–water partition coefficient (Wildman–Crippen LogP) is 2.95. The molecule has 0 N–H and O–H groups in total. The summed E-state index contributed by atoms with van der Waals surface area (Å²) in [4.78, 5) is 0. The minimum atomic E-state index is 0.772. The molecule has 2 rings (SSSR count). The zero-order valence-electron chi connectivity index (χ0n) is 9.57. The van der Waals surface area contributed by atoms with E-state index >= 15 is 0 Å². The molecule has 16 heavy (non-hydrogen) atoms. The Morgan fingerprint density at radius 2 is 1.81 bits per heavy atom. The van der Waals surface area contributed by atoms with Gasteiger partial charge in [-0.05, 0) is 24.1 Å². The number of methoxy groups -OCH3 is 2. The smallest absolute Gasteiger partial charge is 0.160 e. The average molecular weight is 215 g/mol. The largest absolute Gasteiger partial charge is 0.493 e. The lowest BCUT2D eigenvalue weighted by molar-refractivity contribution is 0.354. The molecule has 0 fully saturated rings. The molecule has 1 aliphatic carbocycles. The Morgan fingerprint density at radius 1 is 1.00 bits per heavy atom. The summed E-state index contributed by atoms with van der Waals surface area (Å²) in [6.45, 7) is 0. The van der Waals surface area contributed by atoms with Crippen molar-refractivity contribution in [2.45, 2.75) is 6.42 Å². The maximum absolute atomic E-state index is 5.27. The number of hydrogen-bond acceptors (Lipinski definition) is 2. The van der Waals surface area contributed by atoms with Crippen LogP contribution in [0.1, 0.15) is 5.56 Å². The van der Waals surface area contributed by atoms with Gasteiger partial charge in [0.15, 0.2) is 11.5 Å². The highest BCUT2D eigenvalue weighted by Crippen LogP contribution is 2.29. The third-order valence-corrected chi connectivity index (χ3v) is 2.59. The van der Waals surface area contributed by atoms with Crippen molar-refractivity contribution in [3.8, 4) is 11.5 Å². The lowest BCUT2D eigenvalue weighted by Crippen LogP contribution is -1.94. The first-order chi connectivity index (χ1) is 7.83. The van der Waals surface area contributed by atoms with Crippen LogP contribution in [0.3, 0.4) is 0 Å². The van der Waals surface area contributed by atoms with Crippen LogP contribution in [0.5, 0.6) is 11.5 Å². The summed E-state index contributed by atoms with van der Waals surface area (Å²) in [5.74, 6) is 1.56. The topological polar surface area (TPSA) is 18.5 Å². The van der Waals surface area contributed by atoms with Gasteiger partial charge in [0, 0.05) is 6.42 Å². The molecule has 2 heteroatoms. The van der Waals surface area contributed by atoms with E-state index in [0.717, 1.165) is 17.9 Å². The molecule has 0 saturated heterocycles. The van der Waals surface area contributed by atoms with Crippen molar-refractivity contribution in [1.29, 1.82) is 0 Å². The van der Waals surface area contributed by atoms with E-state index in [-0.39, 0.29) is 0 Å². The third kappa shape index (κ3) is 2.27. The van der Waals surface area contributed by atoms with Gasteiger partial charge in [-0.1, -0.05) is 29.9 Å². The van der Waals surface area contributed by atoms with Gasteiger partial charge < -0.3 is 9.47 Å². The lowest BCUT2D eigenvalue weighted by Gasteiger charge is -2.09. The summed E-state index contributed by atoms with van der Waals surface area (Å²) in [5.41, 5.74) is 2.54. The fourth-order valence-corrected chi connectivity index (χ4v) is 1.76. The second-order valence-electron chi connectivity index (χ2n) is 3.66. The molecule has 0 atom stereocenters. The Kier molecular flexibility index (Phi) is 3.30. The van der Waals surface area contributed by atoms with Crippen molar-refractivity contribution in [2.24, 2.45) is 0 Å². The van der Waals surface area contributed by atoms with Crippen molar-refractivity contribution in [1.82, 2.24) is 0 Å². The SMILES string of the molecule is COc1ccc(CC2=CC=C[CH]2)cc1OC. The fourth-order valence-electron chi connectivity index (χ4n) is 1.76. The molecule has 0 heterocycles. The highest BCUT2D eigenvalue weighted by Gasteiger charge is 2.06. The molecule has 0 amide bonds. The van der Waals surface area contributed by atoms with Crippen molar-refractivity contribution >= 4 is 0 Å². The maximum atomic E-state index is 5.27. The van der Waals surface area contributed by atoms with Gasteiger partial charge in [0.1, 0.15) is 0 Å². The summed E-state index contributed by atoms with van der Waals surface area (Å²) < 4.78 is 10.5. The van der Waals surface area contributed by atoms with Gasteiger partial charge in [0.25, 0.3) is 0 Å². The molecular weight excluding hydrogens is 200 g/mol. The van der Waals surface area contributed by atoms with Crippen LogP contribution in [0.25, 0.3) is 0 Å². The molecule has 1 aromatic rings. The van der Waals surface area contributed by atoms with Gasteiger partial charge in [-0.3, -0.25) is 0 Å². The second-order valence-corrected chi connectivity index (χ2v) is 3.66. The molecule has 1 aliphatic rings. The minimum absolute atomic E-state index is 0.772. The monoisotopic (exact) mass is 215 g/mol. The van der Waals surface area contributed by atoms with Crippen molar-refractivity contribution < 1.29 is 9.47 Å². The molecule has 0 saturated carbocycles. The Hall–Kier alpha value is -1.70. The number of rotatable bonds is 4. The first-order valence-electron chi connectivity index (χ1n) is 5.25. The van der Waals surface area contributed by atoms with E-state index in [0.29, 0.717) is 0 Å². The quantitative estimate of drug-likeness (QED) is 0.768. The molecule has 0 bridgehead atoms. The molecule has 0 spiro atoms. The molecule has 0 aliphatic heterocycles. The predicted molar refractivity (Wildman–Crippen MR) is 64.8 cm³/mol. The first kappa shape index (κ1) is 10.8. The third-order valence-electron chi connectivity index (χ3n) is 2.59. The number of ether oxygens (including phenoxy) is 2. The van der Waals surface area contributed by atoms with Gasteiger partial charge in [-0.25, -0.2) is 0 Å². The average Bonchev–Trinajstić information content (AvgIpc) is 2.81. The van der Waals surface area contributed by atoms with E-state index in [4.69, 9.17) is 9.47 Å². The summed E-state index contributed by atoms with van der Waals surface area (Å²) in [7, 11) is 3.30. The van der Waals surface area contributed by atoms with Crippen LogP contribution in [-0.2, 0) is 6.42 Å². The van der Waals surface area contributed by atoms with Crippen LogP contribution < -0.4 is 9.47 Å². The van der Waals surface area contributed by atoms with E-state index in [1.807, 2.05) is 12.1 Å². The highest BCUT2D eigenvalue weighted by molar-refractivity contribution is 5.45. The maximum Gasteiger partial charge on any atom is 0.160 e. The van der Waals surface area contributed by atoms with Gasteiger partial charge in [-0.2, -0.15) is 0 Å². The molecule has 83 valence electrons. The molecular formula is C14H15O2. The first-order valence-corrected chi connectivity index (χ1v) is 5.25. The van der Waals surface area contributed by atoms with Crippen molar-refractivity contribution in [2.75, 3.05) is 14.2 Å². The fraction of sp³-hybridized carbons (Fsp3) is 0.214. The number of benzene rings is 1.